The van der Waals surface area contributed by atoms with Gasteiger partial charge in [0.1, 0.15) is 5.76 Å². The molecule has 0 N–H and O–H groups in total. The van der Waals surface area contributed by atoms with Crippen molar-refractivity contribution in [3.05, 3.63) is 24.0 Å². The molecule has 0 aromatic rings. The Morgan fingerprint density at radius 3 is 2.35 bits per heavy atom. The Labute approximate surface area is 106 Å². The second-order valence-electron chi connectivity index (χ2n) is 5.16. The third-order valence-electron chi connectivity index (χ3n) is 2.37. The topological polar surface area (TPSA) is 26.3 Å². The molecule has 0 aliphatic carbocycles. The van der Waals surface area contributed by atoms with Crippen molar-refractivity contribution in [1.29, 1.82) is 0 Å². The van der Waals surface area contributed by atoms with Crippen LogP contribution in [-0.2, 0) is 9.53 Å². The summed E-state index contributed by atoms with van der Waals surface area (Å²) in [6.45, 7) is 9.64. The van der Waals surface area contributed by atoms with Crippen molar-refractivity contribution in [3.8, 4) is 0 Å². The van der Waals surface area contributed by atoms with Crippen LogP contribution in [0.15, 0.2) is 24.0 Å². The molecule has 0 heterocycles. The summed E-state index contributed by atoms with van der Waals surface area (Å²) in [6, 6.07) is 0. The van der Waals surface area contributed by atoms with E-state index in [0.717, 1.165) is 31.4 Å². The highest BCUT2D eigenvalue weighted by molar-refractivity contribution is 5.76. The van der Waals surface area contributed by atoms with Gasteiger partial charge in [-0.1, -0.05) is 19.1 Å². The molecule has 0 bridgehead atoms. The maximum atomic E-state index is 11.7. The number of hydrogen-bond acceptors (Lipinski definition) is 2. The van der Waals surface area contributed by atoms with Gasteiger partial charge in [0.2, 0.25) is 0 Å². The van der Waals surface area contributed by atoms with Gasteiger partial charge >= 0.3 is 5.97 Å². The molecule has 17 heavy (non-hydrogen) atoms. The number of allylic oxidation sites excluding steroid dienone is 4. The molecule has 0 saturated heterocycles. The first-order valence-corrected chi connectivity index (χ1v) is 6.44. The minimum Gasteiger partial charge on any atom is -0.431 e. The van der Waals surface area contributed by atoms with E-state index in [4.69, 9.17) is 4.74 Å². The Bertz CT molecular complexity index is 280. The molecule has 2 heteroatoms. The second kappa shape index (κ2) is 8.10. The lowest BCUT2D eigenvalue weighted by molar-refractivity contribution is -0.148. The molecule has 0 aliphatic rings. The van der Waals surface area contributed by atoms with Crippen LogP contribution < -0.4 is 0 Å². The van der Waals surface area contributed by atoms with E-state index in [1.807, 2.05) is 40.7 Å². The van der Waals surface area contributed by atoms with Gasteiger partial charge in [0.25, 0.3) is 0 Å². The average Bonchev–Trinajstić information content (AvgIpc) is 2.25. The monoisotopic (exact) mass is 238 g/mol. The zero-order chi connectivity index (χ0) is 13.3. The SMILES string of the molecule is CC=CCCCC=C(CC)OC(=O)C(C)(C)C. The second-order valence-corrected chi connectivity index (χ2v) is 5.16. The molecule has 2 nitrogen and oxygen atoms in total. The van der Waals surface area contributed by atoms with Crippen LogP contribution in [0, 0.1) is 5.41 Å². The number of carbonyl (C=O) groups excluding carboxylic acids is 1. The molecule has 0 spiro atoms. The van der Waals surface area contributed by atoms with Crippen molar-refractivity contribution in [2.45, 2.75) is 60.3 Å². The lowest BCUT2D eigenvalue weighted by atomic mass is 9.97. The molecule has 0 atom stereocenters. The van der Waals surface area contributed by atoms with Crippen molar-refractivity contribution in [2.24, 2.45) is 5.41 Å². The van der Waals surface area contributed by atoms with E-state index < -0.39 is 5.41 Å². The first-order chi connectivity index (χ1) is 7.91. The summed E-state index contributed by atoms with van der Waals surface area (Å²) in [5.74, 6) is 0.643. The highest BCUT2D eigenvalue weighted by atomic mass is 16.5. The van der Waals surface area contributed by atoms with E-state index in [9.17, 15) is 4.79 Å². The van der Waals surface area contributed by atoms with Crippen LogP contribution in [0.5, 0.6) is 0 Å². The summed E-state index contributed by atoms with van der Waals surface area (Å²) >= 11 is 0. The van der Waals surface area contributed by atoms with E-state index in [1.165, 1.54) is 0 Å². The van der Waals surface area contributed by atoms with Crippen LogP contribution in [0.25, 0.3) is 0 Å². The fourth-order valence-corrected chi connectivity index (χ4v) is 1.20. The molecule has 0 aromatic heterocycles. The van der Waals surface area contributed by atoms with Gasteiger partial charge in [-0.2, -0.15) is 0 Å². The first-order valence-electron chi connectivity index (χ1n) is 6.44. The maximum Gasteiger partial charge on any atom is 0.316 e. The van der Waals surface area contributed by atoms with Crippen molar-refractivity contribution in [2.75, 3.05) is 0 Å². The summed E-state index contributed by atoms with van der Waals surface area (Å²) < 4.78 is 5.37. The molecule has 0 rings (SSSR count). The van der Waals surface area contributed by atoms with E-state index in [2.05, 4.69) is 12.2 Å². The largest absolute Gasteiger partial charge is 0.431 e. The summed E-state index contributed by atoms with van der Waals surface area (Å²) in [5.41, 5.74) is -0.431. The van der Waals surface area contributed by atoms with Gasteiger partial charge in [-0.05, 0) is 53.0 Å². The van der Waals surface area contributed by atoms with Gasteiger partial charge in [-0.25, -0.2) is 0 Å². The Kier molecular flexibility index (Phi) is 7.60. The van der Waals surface area contributed by atoms with E-state index in [0.29, 0.717) is 0 Å². The average molecular weight is 238 g/mol. The van der Waals surface area contributed by atoms with Gasteiger partial charge in [0, 0.05) is 6.42 Å². The molecule has 0 aromatic carbocycles. The number of rotatable bonds is 6. The van der Waals surface area contributed by atoms with Crippen LogP contribution in [-0.4, -0.2) is 5.97 Å². The summed E-state index contributed by atoms with van der Waals surface area (Å²) in [4.78, 5) is 11.7. The standard InChI is InChI=1S/C15H26O2/c1-6-8-9-10-11-12-13(7-2)17-14(16)15(3,4)5/h6,8,12H,7,9-11H2,1-5H3. The number of hydrogen-bond donors (Lipinski definition) is 0. The highest BCUT2D eigenvalue weighted by Crippen LogP contribution is 2.19. The molecular weight excluding hydrogens is 212 g/mol. The molecular formula is C15H26O2. The highest BCUT2D eigenvalue weighted by Gasteiger charge is 2.23. The lowest BCUT2D eigenvalue weighted by Gasteiger charge is -2.17. The Balaban J connectivity index is 4.14. The third kappa shape index (κ3) is 7.78. The predicted octanol–water partition coefficient (Wildman–Crippen LogP) is 4.62. The number of carbonyl (C=O) groups is 1. The Morgan fingerprint density at radius 2 is 1.88 bits per heavy atom. The van der Waals surface area contributed by atoms with Gasteiger partial charge in [-0.15, -0.1) is 0 Å². The fraction of sp³-hybridized carbons (Fsp3) is 0.667. The number of ether oxygens (including phenoxy) is 1. The molecule has 98 valence electrons. The van der Waals surface area contributed by atoms with Crippen molar-refractivity contribution in [1.82, 2.24) is 0 Å². The summed E-state index contributed by atoms with van der Waals surface area (Å²) in [6.07, 6.45) is 10.2. The van der Waals surface area contributed by atoms with Crippen LogP contribution >= 0.6 is 0 Å². The summed E-state index contributed by atoms with van der Waals surface area (Å²) in [5, 5.41) is 0. The lowest BCUT2D eigenvalue weighted by Crippen LogP contribution is -2.22. The van der Waals surface area contributed by atoms with Gasteiger partial charge < -0.3 is 4.74 Å². The van der Waals surface area contributed by atoms with E-state index in [-0.39, 0.29) is 5.97 Å². The van der Waals surface area contributed by atoms with Crippen molar-refractivity contribution < 1.29 is 9.53 Å². The molecule has 0 aliphatic heterocycles. The number of unbranched alkanes of at least 4 members (excludes halogenated alkanes) is 2. The molecule has 0 radical (unpaired) electrons. The molecule has 0 amide bonds. The van der Waals surface area contributed by atoms with Gasteiger partial charge in [0.15, 0.2) is 0 Å². The van der Waals surface area contributed by atoms with Crippen LogP contribution in [0.2, 0.25) is 0 Å². The maximum absolute atomic E-state index is 11.7. The van der Waals surface area contributed by atoms with E-state index >= 15 is 0 Å². The van der Waals surface area contributed by atoms with Gasteiger partial charge in [-0.3, -0.25) is 4.79 Å². The first kappa shape index (κ1) is 16.0. The van der Waals surface area contributed by atoms with Crippen LogP contribution in [0.3, 0.4) is 0 Å². The minimum atomic E-state index is -0.431. The smallest absolute Gasteiger partial charge is 0.316 e. The summed E-state index contributed by atoms with van der Waals surface area (Å²) in [7, 11) is 0. The normalized spacial score (nSPS) is 13.1. The molecule has 0 unspecified atom stereocenters. The van der Waals surface area contributed by atoms with Crippen molar-refractivity contribution >= 4 is 5.97 Å². The Hall–Kier alpha value is -1.05. The third-order valence-corrected chi connectivity index (χ3v) is 2.37. The predicted molar refractivity (Wildman–Crippen MR) is 72.6 cm³/mol. The molecule has 0 saturated carbocycles. The van der Waals surface area contributed by atoms with Crippen LogP contribution in [0.1, 0.15) is 60.3 Å². The molecule has 0 fully saturated rings. The van der Waals surface area contributed by atoms with Crippen molar-refractivity contribution in [3.63, 3.8) is 0 Å². The number of esters is 1. The van der Waals surface area contributed by atoms with Gasteiger partial charge in [0.05, 0.1) is 5.41 Å². The minimum absolute atomic E-state index is 0.154. The zero-order valence-corrected chi connectivity index (χ0v) is 11.9. The van der Waals surface area contributed by atoms with E-state index in [1.54, 1.807) is 0 Å². The van der Waals surface area contributed by atoms with Crippen LogP contribution in [0.4, 0.5) is 0 Å². The Morgan fingerprint density at radius 1 is 1.24 bits per heavy atom. The quantitative estimate of drug-likeness (QED) is 0.292. The fourth-order valence-electron chi connectivity index (χ4n) is 1.20. The zero-order valence-electron chi connectivity index (χ0n) is 11.9.